The Morgan fingerprint density at radius 1 is 1.11 bits per heavy atom. The lowest BCUT2D eigenvalue weighted by atomic mass is 9.89. The van der Waals surface area contributed by atoms with Crippen molar-refractivity contribution in [2.45, 2.75) is 63.8 Å². The summed E-state index contributed by atoms with van der Waals surface area (Å²) in [5.41, 5.74) is 0.0409. The summed E-state index contributed by atoms with van der Waals surface area (Å²) in [5, 5.41) is 7.17. The van der Waals surface area contributed by atoms with Gasteiger partial charge in [0.25, 0.3) is 0 Å². The maximum Gasteiger partial charge on any atom is 0.330 e. The van der Waals surface area contributed by atoms with Gasteiger partial charge in [-0.05, 0) is 36.6 Å². The lowest BCUT2D eigenvalue weighted by Gasteiger charge is -2.30. The van der Waals surface area contributed by atoms with Gasteiger partial charge in [-0.3, -0.25) is 9.59 Å². The van der Waals surface area contributed by atoms with Crippen LogP contribution < -0.4 is 14.8 Å². The molecule has 0 spiro atoms. The van der Waals surface area contributed by atoms with Crippen molar-refractivity contribution in [1.29, 1.82) is 0 Å². The molecule has 188 valence electrons. The van der Waals surface area contributed by atoms with Crippen LogP contribution in [-0.2, 0) is 31.1 Å². The van der Waals surface area contributed by atoms with Gasteiger partial charge in [0.15, 0.2) is 17.3 Å². The van der Waals surface area contributed by atoms with Gasteiger partial charge < -0.3 is 24.1 Å². The quantitative estimate of drug-likeness (QED) is 0.245. The molecular weight excluding hydrogens is 454 g/mol. The molecule has 1 fully saturated rings. The molecule has 2 aromatic rings. The highest BCUT2D eigenvalue weighted by atomic mass is 16.6. The lowest BCUT2D eigenvalue weighted by molar-refractivity contribution is -0.135. The summed E-state index contributed by atoms with van der Waals surface area (Å²) in [7, 11) is 2.75. The highest BCUT2D eigenvalue weighted by Crippen LogP contribution is 2.35. The number of hydrogen-bond donors (Lipinski definition) is 1. The standard InChI is InChI=1S/C25H31N3O7/c1-17(29)27-25(14-6-4-5-7-15-25)24-26-21(35-28-24)11-13-23(31)34-19-10-8-18(16-20(19)32-2)9-12-22(30)33-3/h8-10,12,16H,4-7,11,13-15H2,1-3H3,(H,27,29)/b12-9+. The Balaban J connectivity index is 1.62. The second kappa shape index (κ2) is 12.1. The molecule has 1 amide bonds. The van der Waals surface area contributed by atoms with Crippen LogP contribution in [-0.4, -0.2) is 42.2 Å². The number of carbonyl (C=O) groups excluding carboxylic acids is 3. The average Bonchev–Trinajstić information content (AvgIpc) is 3.21. The molecule has 35 heavy (non-hydrogen) atoms. The van der Waals surface area contributed by atoms with Crippen molar-refractivity contribution < 1.29 is 33.1 Å². The van der Waals surface area contributed by atoms with Gasteiger partial charge in [-0.1, -0.05) is 36.9 Å². The van der Waals surface area contributed by atoms with E-state index in [0.29, 0.717) is 23.0 Å². The number of ether oxygens (including phenoxy) is 3. The van der Waals surface area contributed by atoms with E-state index in [4.69, 9.17) is 14.0 Å². The van der Waals surface area contributed by atoms with Crippen molar-refractivity contribution in [2.24, 2.45) is 0 Å². The van der Waals surface area contributed by atoms with E-state index in [-0.39, 0.29) is 24.5 Å². The number of methoxy groups -OCH3 is 2. The van der Waals surface area contributed by atoms with Crippen LogP contribution in [0.1, 0.15) is 69.1 Å². The number of aryl methyl sites for hydroxylation is 1. The number of amides is 1. The molecule has 1 aliphatic carbocycles. The number of hydrogen-bond acceptors (Lipinski definition) is 9. The number of nitrogens with zero attached hydrogens (tertiary/aromatic N) is 2. The normalized spacial score (nSPS) is 15.3. The molecule has 1 saturated carbocycles. The highest BCUT2D eigenvalue weighted by Gasteiger charge is 2.38. The Morgan fingerprint density at radius 2 is 1.86 bits per heavy atom. The Bertz CT molecular complexity index is 1070. The topological polar surface area (TPSA) is 130 Å². The predicted octanol–water partition coefficient (Wildman–Crippen LogP) is 3.49. The van der Waals surface area contributed by atoms with Crippen LogP contribution in [0.3, 0.4) is 0 Å². The second-order valence-corrected chi connectivity index (χ2v) is 8.43. The molecule has 3 rings (SSSR count). The van der Waals surface area contributed by atoms with Crippen molar-refractivity contribution in [3.8, 4) is 11.5 Å². The zero-order valence-corrected chi connectivity index (χ0v) is 20.3. The van der Waals surface area contributed by atoms with Crippen molar-refractivity contribution in [1.82, 2.24) is 15.5 Å². The molecular formula is C25H31N3O7. The molecule has 0 bridgehead atoms. The minimum atomic E-state index is -0.637. The van der Waals surface area contributed by atoms with Gasteiger partial charge in [-0.2, -0.15) is 4.98 Å². The molecule has 0 radical (unpaired) electrons. The summed E-state index contributed by atoms with van der Waals surface area (Å²) in [4.78, 5) is 40.1. The number of aromatic nitrogens is 2. The fraction of sp³-hybridized carbons (Fsp3) is 0.480. The van der Waals surface area contributed by atoms with Crippen LogP contribution >= 0.6 is 0 Å². The van der Waals surface area contributed by atoms with E-state index in [1.165, 1.54) is 27.2 Å². The minimum Gasteiger partial charge on any atom is -0.493 e. The van der Waals surface area contributed by atoms with Crippen LogP contribution in [0.5, 0.6) is 11.5 Å². The van der Waals surface area contributed by atoms with Crippen molar-refractivity contribution in [2.75, 3.05) is 14.2 Å². The Labute approximate surface area is 204 Å². The smallest absolute Gasteiger partial charge is 0.330 e. The minimum absolute atomic E-state index is 0.0158. The first kappa shape index (κ1) is 25.9. The van der Waals surface area contributed by atoms with Crippen molar-refractivity contribution in [3.05, 3.63) is 41.6 Å². The van der Waals surface area contributed by atoms with E-state index in [0.717, 1.165) is 38.5 Å². The third-order valence-corrected chi connectivity index (χ3v) is 5.84. The monoisotopic (exact) mass is 485 g/mol. The number of esters is 2. The molecule has 10 nitrogen and oxygen atoms in total. The maximum absolute atomic E-state index is 12.5. The first-order valence-electron chi connectivity index (χ1n) is 11.6. The SMILES string of the molecule is COC(=O)/C=C/c1ccc(OC(=O)CCc2nc(C3(NC(C)=O)CCCCCC3)no2)c(OC)c1. The summed E-state index contributed by atoms with van der Waals surface area (Å²) >= 11 is 0. The van der Waals surface area contributed by atoms with Crippen LogP contribution in [0.15, 0.2) is 28.8 Å². The summed E-state index contributed by atoms with van der Waals surface area (Å²) in [6.07, 6.45) is 8.70. The van der Waals surface area contributed by atoms with Crippen LogP contribution in [0.25, 0.3) is 6.08 Å². The maximum atomic E-state index is 12.5. The Kier molecular flexibility index (Phi) is 8.99. The molecule has 0 unspecified atom stereocenters. The van der Waals surface area contributed by atoms with Crippen molar-refractivity contribution in [3.63, 3.8) is 0 Å². The first-order chi connectivity index (χ1) is 16.8. The third kappa shape index (κ3) is 7.14. The number of carbonyl (C=O) groups is 3. The Hall–Kier alpha value is -3.69. The third-order valence-electron chi connectivity index (χ3n) is 5.84. The average molecular weight is 486 g/mol. The molecule has 1 aliphatic rings. The number of rotatable bonds is 9. The van der Waals surface area contributed by atoms with Gasteiger partial charge in [-0.25, -0.2) is 4.79 Å². The second-order valence-electron chi connectivity index (χ2n) is 8.43. The molecule has 1 heterocycles. The van der Waals surface area contributed by atoms with E-state index < -0.39 is 17.5 Å². The van der Waals surface area contributed by atoms with Gasteiger partial charge in [0.2, 0.25) is 11.8 Å². The van der Waals surface area contributed by atoms with E-state index in [2.05, 4.69) is 20.2 Å². The molecule has 10 heteroatoms. The van der Waals surface area contributed by atoms with Gasteiger partial charge in [0.1, 0.15) is 5.54 Å². The van der Waals surface area contributed by atoms with Gasteiger partial charge >= 0.3 is 11.9 Å². The number of benzene rings is 1. The summed E-state index contributed by atoms with van der Waals surface area (Å²) < 4.78 is 20.7. The summed E-state index contributed by atoms with van der Waals surface area (Å²) in [6.45, 7) is 1.49. The van der Waals surface area contributed by atoms with Gasteiger partial charge in [0.05, 0.1) is 20.6 Å². The zero-order chi connectivity index (χ0) is 25.3. The van der Waals surface area contributed by atoms with E-state index in [9.17, 15) is 14.4 Å². The largest absolute Gasteiger partial charge is 0.493 e. The molecule has 0 atom stereocenters. The zero-order valence-electron chi connectivity index (χ0n) is 20.3. The van der Waals surface area contributed by atoms with Crippen molar-refractivity contribution >= 4 is 23.9 Å². The highest BCUT2D eigenvalue weighted by molar-refractivity contribution is 5.87. The van der Waals surface area contributed by atoms with Crippen LogP contribution in [0, 0.1) is 0 Å². The van der Waals surface area contributed by atoms with Gasteiger partial charge in [-0.15, -0.1) is 0 Å². The van der Waals surface area contributed by atoms with Crippen LogP contribution in [0.4, 0.5) is 0 Å². The molecule has 0 aliphatic heterocycles. The molecule has 1 aromatic heterocycles. The number of nitrogens with one attached hydrogen (secondary N) is 1. The Morgan fingerprint density at radius 3 is 2.51 bits per heavy atom. The fourth-order valence-electron chi connectivity index (χ4n) is 4.11. The lowest BCUT2D eigenvalue weighted by Crippen LogP contribution is -2.45. The van der Waals surface area contributed by atoms with E-state index in [1.54, 1.807) is 24.3 Å². The predicted molar refractivity (Wildman–Crippen MR) is 125 cm³/mol. The summed E-state index contributed by atoms with van der Waals surface area (Å²) in [5.74, 6) is 0.245. The van der Waals surface area contributed by atoms with Crippen LogP contribution in [0.2, 0.25) is 0 Å². The summed E-state index contributed by atoms with van der Waals surface area (Å²) in [6, 6.07) is 4.91. The molecule has 1 N–H and O–H groups in total. The van der Waals surface area contributed by atoms with E-state index >= 15 is 0 Å². The fourth-order valence-corrected chi connectivity index (χ4v) is 4.11. The first-order valence-corrected chi connectivity index (χ1v) is 11.6. The molecule has 1 aromatic carbocycles. The van der Waals surface area contributed by atoms with Gasteiger partial charge in [0, 0.05) is 19.4 Å². The molecule has 0 saturated heterocycles. The van der Waals surface area contributed by atoms with E-state index in [1.807, 2.05) is 0 Å².